The Balaban J connectivity index is 1.73. The lowest BCUT2D eigenvalue weighted by Crippen LogP contribution is -2.38. The van der Waals surface area contributed by atoms with Crippen LogP contribution in [0.5, 0.6) is 5.75 Å². The van der Waals surface area contributed by atoms with Crippen LogP contribution in [0, 0.1) is 5.92 Å². The number of methoxy groups -OCH3 is 1. The topological polar surface area (TPSA) is 75.7 Å². The maximum atomic E-state index is 13.0. The van der Waals surface area contributed by atoms with E-state index in [9.17, 15) is 13.2 Å². The Kier molecular flexibility index (Phi) is 6.59. The smallest absolute Gasteiger partial charge is 0.251 e. The van der Waals surface area contributed by atoms with E-state index in [1.54, 1.807) is 25.3 Å². The van der Waals surface area contributed by atoms with E-state index in [1.165, 1.54) is 10.4 Å². The van der Waals surface area contributed by atoms with Gasteiger partial charge in [0.1, 0.15) is 5.75 Å². The van der Waals surface area contributed by atoms with Gasteiger partial charge in [0.15, 0.2) is 0 Å². The largest absolute Gasteiger partial charge is 0.497 e. The third-order valence-electron chi connectivity index (χ3n) is 5.44. The number of rotatable bonds is 6. The standard InChI is InChI=1S/C22H28N2O4S/c1-16-11-13-24(14-12-16)29(26,27)21-6-4-5-19(15-21)22(25)23-17(2)18-7-9-20(28-3)10-8-18/h4-10,15-17H,11-14H2,1-3H3,(H,23,25)/t17-/m0/s1. The van der Waals surface area contributed by atoms with Gasteiger partial charge in [0.05, 0.1) is 18.0 Å². The predicted molar refractivity (Wildman–Crippen MR) is 112 cm³/mol. The van der Waals surface area contributed by atoms with Crippen LogP contribution in [0.1, 0.15) is 48.7 Å². The van der Waals surface area contributed by atoms with Gasteiger partial charge in [-0.2, -0.15) is 4.31 Å². The van der Waals surface area contributed by atoms with Gasteiger partial charge < -0.3 is 10.1 Å². The van der Waals surface area contributed by atoms with E-state index in [1.807, 2.05) is 31.2 Å². The number of amides is 1. The molecule has 1 saturated heterocycles. The number of ether oxygens (including phenoxy) is 1. The zero-order chi connectivity index (χ0) is 21.0. The van der Waals surface area contributed by atoms with E-state index in [2.05, 4.69) is 12.2 Å². The van der Waals surface area contributed by atoms with Crippen molar-refractivity contribution in [2.24, 2.45) is 5.92 Å². The number of hydrogen-bond donors (Lipinski definition) is 1. The fraction of sp³-hybridized carbons (Fsp3) is 0.409. The molecule has 0 aliphatic carbocycles. The first kappa shape index (κ1) is 21.3. The number of carbonyl (C=O) groups is 1. The van der Waals surface area contributed by atoms with Crippen molar-refractivity contribution in [3.8, 4) is 5.75 Å². The number of nitrogens with zero attached hydrogens (tertiary/aromatic N) is 1. The molecule has 0 saturated carbocycles. The molecule has 2 aromatic rings. The molecule has 2 aromatic carbocycles. The second-order valence-electron chi connectivity index (χ2n) is 7.58. The molecule has 1 heterocycles. The van der Waals surface area contributed by atoms with E-state index >= 15 is 0 Å². The van der Waals surface area contributed by atoms with Gasteiger partial charge in [0.25, 0.3) is 5.91 Å². The number of carbonyl (C=O) groups excluding carboxylic acids is 1. The molecule has 1 aliphatic heterocycles. The van der Waals surface area contributed by atoms with Gasteiger partial charge in [-0.25, -0.2) is 8.42 Å². The van der Waals surface area contributed by atoms with Crippen molar-refractivity contribution in [3.05, 3.63) is 59.7 Å². The van der Waals surface area contributed by atoms with Gasteiger partial charge in [-0.05, 0) is 61.6 Å². The second kappa shape index (κ2) is 8.97. The van der Waals surface area contributed by atoms with Crippen LogP contribution in [0.25, 0.3) is 0 Å². The summed E-state index contributed by atoms with van der Waals surface area (Å²) < 4.78 is 32.6. The summed E-state index contributed by atoms with van der Waals surface area (Å²) in [6, 6.07) is 13.5. The molecule has 156 valence electrons. The zero-order valence-electron chi connectivity index (χ0n) is 17.1. The van der Waals surface area contributed by atoms with Crippen molar-refractivity contribution in [1.29, 1.82) is 0 Å². The number of nitrogens with one attached hydrogen (secondary N) is 1. The minimum Gasteiger partial charge on any atom is -0.497 e. The second-order valence-corrected chi connectivity index (χ2v) is 9.52. The molecule has 0 radical (unpaired) electrons. The van der Waals surface area contributed by atoms with E-state index in [-0.39, 0.29) is 16.8 Å². The Labute approximate surface area is 172 Å². The van der Waals surface area contributed by atoms with Gasteiger partial charge in [-0.1, -0.05) is 25.1 Å². The summed E-state index contributed by atoms with van der Waals surface area (Å²) in [5.41, 5.74) is 1.27. The molecule has 0 unspecified atom stereocenters. The Morgan fingerprint density at radius 2 is 1.79 bits per heavy atom. The minimum atomic E-state index is -3.59. The van der Waals surface area contributed by atoms with Crippen molar-refractivity contribution in [1.82, 2.24) is 9.62 Å². The zero-order valence-corrected chi connectivity index (χ0v) is 17.9. The lowest BCUT2D eigenvalue weighted by molar-refractivity contribution is 0.0939. The van der Waals surface area contributed by atoms with Gasteiger partial charge in [-0.3, -0.25) is 4.79 Å². The van der Waals surface area contributed by atoms with Gasteiger partial charge in [0.2, 0.25) is 10.0 Å². The highest BCUT2D eigenvalue weighted by molar-refractivity contribution is 7.89. The summed E-state index contributed by atoms with van der Waals surface area (Å²) in [4.78, 5) is 12.9. The molecule has 29 heavy (non-hydrogen) atoms. The van der Waals surface area contributed by atoms with Crippen LogP contribution in [0.3, 0.4) is 0 Å². The molecule has 7 heteroatoms. The van der Waals surface area contributed by atoms with Crippen LogP contribution in [-0.2, 0) is 10.0 Å². The first-order valence-corrected chi connectivity index (χ1v) is 11.3. The van der Waals surface area contributed by atoms with Gasteiger partial charge in [-0.15, -0.1) is 0 Å². The number of piperidine rings is 1. The predicted octanol–water partition coefficient (Wildman–Crippen LogP) is 3.61. The highest BCUT2D eigenvalue weighted by atomic mass is 32.2. The molecule has 1 aliphatic rings. The third kappa shape index (κ3) is 4.97. The fourth-order valence-corrected chi connectivity index (χ4v) is 4.94. The molecule has 3 rings (SSSR count). The number of benzene rings is 2. The molecular weight excluding hydrogens is 388 g/mol. The molecule has 6 nitrogen and oxygen atoms in total. The quantitative estimate of drug-likeness (QED) is 0.781. The van der Waals surface area contributed by atoms with Crippen LogP contribution in [-0.4, -0.2) is 38.8 Å². The maximum Gasteiger partial charge on any atom is 0.251 e. The van der Waals surface area contributed by atoms with Crippen molar-refractivity contribution >= 4 is 15.9 Å². The number of hydrogen-bond acceptors (Lipinski definition) is 4. The van der Waals surface area contributed by atoms with E-state index in [0.29, 0.717) is 24.6 Å². The molecule has 1 fully saturated rings. The first-order valence-electron chi connectivity index (χ1n) is 9.86. The lowest BCUT2D eigenvalue weighted by atomic mass is 10.0. The number of sulfonamides is 1. The Morgan fingerprint density at radius 1 is 1.14 bits per heavy atom. The Hall–Kier alpha value is -2.38. The molecule has 1 atom stereocenters. The summed E-state index contributed by atoms with van der Waals surface area (Å²) in [5, 5.41) is 2.93. The molecular formula is C22H28N2O4S. The van der Waals surface area contributed by atoms with Crippen LogP contribution < -0.4 is 10.1 Å². The lowest BCUT2D eigenvalue weighted by Gasteiger charge is -2.29. The average molecular weight is 417 g/mol. The molecule has 1 N–H and O–H groups in total. The van der Waals surface area contributed by atoms with Crippen LogP contribution >= 0.6 is 0 Å². The highest BCUT2D eigenvalue weighted by Crippen LogP contribution is 2.24. The summed E-state index contributed by atoms with van der Waals surface area (Å²) in [6.45, 7) is 5.07. The van der Waals surface area contributed by atoms with E-state index < -0.39 is 10.0 Å². The molecule has 0 aromatic heterocycles. The Morgan fingerprint density at radius 3 is 2.41 bits per heavy atom. The van der Waals surface area contributed by atoms with Crippen molar-refractivity contribution in [3.63, 3.8) is 0 Å². The maximum absolute atomic E-state index is 13.0. The molecule has 0 bridgehead atoms. The van der Waals surface area contributed by atoms with Crippen molar-refractivity contribution in [2.75, 3.05) is 20.2 Å². The third-order valence-corrected chi connectivity index (χ3v) is 7.33. The van der Waals surface area contributed by atoms with Gasteiger partial charge >= 0.3 is 0 Å². The minimum absolute atomic E-state index is 0.164. The normalized spacial score (nSPS) is 16.9. The van der Waals surface area contributed by atoms with E-state index in [4.69, 9.17) is 4.74 Å². The average Bonchev–Trinajstić information content (AvgIpc) is 2.74. The van der Waals surface area contributed by atoms with Crippen LogP contribution in [0.2, 0.25) is 0 Å². The summed E-state index contributed by atoms with van der Waals surface area (Å²) in [6.07, 6.45) is 1.72. The summed E-state index contributed by atoms with van der Waals surface area (Å²) >= 11 is 0. The monoisotopic (exact) mass is 416 g/mol. The Bertz CT molecular complexity index is 949. The summed E-state index contributed by atoms with van der Waals surface area (Å²) in [5.74, 6) is 0.980. The van der Waals surface area contributed by atoms with Gasteiger partial charge in [0, 0.05) is 18.7 Å². The van der Waals surface area contributed by atoms with Crippen molar-refractivity contribution < 1.29 is 17.9 Å². The molecule has 0 spiro atoms. The van der Waals surface area contributed by atoms with Crippen molar-refractivity contribution in [2.45, 2.75) is 37.6 Å². The fourth-order valence-electron chi connectivity index (χ4n) is 3.43. The van der Waals surface area contributed by atoms with E-state index in [0.717, 1.165) is 24.2 Å². The van der Waals surface area contributed by atoms with Crippen LogP contribution in [0.15, 0.2) is 53.4 Å². The highest BCUT2D eigenvalue weighted by Gasteiger charge is 2.28. The summed E-state index contributed by atoms with van der Waals surface area (Å²) in [7, 11) is -1.99. The van der Waals surface area contributed by atoms with Crippen LogP contribution in [0.4, 0.5) is 0 Å². The first-order chi connectivity index (χ1) is 13.8. The molecule has 1 amide bonds. The SMILES string of the molecule is COc1ccc([C@H](C)NC(=O)c2cccc(S(=O)(=O)N3CCC(C)CC3)c2)cc1.